The number of ketones is 1. The Morgan fingerprint density at radius 2 is 1.86 bits per heavy atom. The number of hydrogen-bond donors (Lipinski definition) is 0. The highest BCUT2D eigenvalue weighted by Crippen LogP contribution is 2.38. The lowest BCUT2D eigenvalue weighted by Gasteiger charge is -2.21. The largest absolute Gasteiger partial charge is 0.501 e. The summed E-state index contributed by atoms with van der Waals surface area (Å²) in [6.07, 6.45) is 1.52. The van der Waals surface area contributed by atoms with Crippen molar-refractivity contribution in [3.05, 3.63) is 11.8 Å². The Balaban J connectivity index is 3.00. The van der Waals surface area contributed by atoms with Crippen LogP contribution in [0.15, 0.2) is 11.8 Å². The molecule has 0 aromatic rings. The molecule has 0 bridgehead atoms. The van der Waals surface area contributed by atoms with Gasteiger partial charge in [0.15, 0.2) is 5.78 Å². The van der Waals surface area contributed by atoms with E-state index in [1.807, 2.05) is 20.8 Å². The maximum atomic E-state index is 11.9. The van der Waals surface area contributed by atoms with Crippen molar-refractivity contribution in [1.29, 1.82) is 0 Å². The van der Waals surface area contributed by atoms with Crippen LogP contribution in [0.2, 0.25) is 0 Å². The minimum absolute atomic E-state index is 0.0101. The van der Waals surface area contributed by atoms with Crippen molar-refractivity contribution >= 4 is 5.78 Å². The van der Waals surface area contributed by atoms with Crippen molar-refractivity contribution in [2.45, 2.75) is 45.8 Å². The Hall–Kier alpha value is -0.830. The Morgan fingerprint density at radius 1 is 1.29 bits per heavy atom. The van der Waals surface area contributed by atoms with Crippen molar-refractivity contribution in [2.75, 3.05) is 6.61 Å². The van der Waals surface area contributed by atoms with Gasteiger partial charge in [-0.1, -0.05) is 0 Å². The van der Waals surface area contributed by atoms with Gasteiger partial charge in [0.1, 0.15) is 5.60 Å². The van der Waals surface area contributed by atoms with E-state index in [4.69, 9.17) is 9.47 Å². The molecule has 0 atom stereocenters. The second-order valence-electron chi connectivity index (χ2n) is 4.44. The minimum Gasteiger partial charge on any atom is -0.501 e. The third-order valence-corrected chi connectivity index (χ3v) is 2.32. The second-order valence-corrected chi connectivity index (χ2v) is 4.44. The quantitative estimate of drug-likeness (QED) is 0.503. The molecule has 0 aliphatic carbocycles. The molecule has 0 amide bonds. The van der Waals surface area contributed by atoms with Gasteiger partial charge in [0.25, 0.3) is 0 Å². The molecule has 0 aromatic carbocycles. The highest BCUT2D eigenvalue weighted by Gasteiger charge is 2.49. The smallest absolute Gasteiger partial charge is 0.196 e. The number of carbonyl (C=O) groups excluding carboxylic acids is 1. The van der Waals surface area contributed by atoms with Crippen LogP contribution in [-0.4, -0.2) is 23.6 Å². The van der Waals surface area contributed by atoms with E-state index in [0.717, 1.165) is 0 Å². The normalized spacial score (nSPS) is 26.9. The third-order valence-electron chi connectivity index (χ3n) is 2.32. The summed E-state index contributed by atoms with van der Waals surface area (Å²) in [6.45, 7) is 9.77. The summed E-state index contributed by atoms with van der Waals surface area (Å²) in [5.41, 5.74) is -0.660. The first kappa shape index (κ1) is 11.2. The SMILES string of the molecule is CCOC=C1C(=O)C(C)(C)OC1(C)C. The molecular formula is C11H18O3. The number of Topliss-reactive ketones (excluding diaryl/α,β-unsaturated/α-hetero) is 1. The average Bonchev–Trinajstić information content (AvgIpc) is 2.16. The molecule has 1 aliphatic rings. The van der Waals surface area contributed by atoms with E-state index < -0.39 is 11.2 Å². The molecule has 3 nitrogen and oxygen atoms in total. The summed E-state index contributed by atoms with van der Waals surface area (Å²) >= 11 is 0. The van der Waals surface area contributed by atoms with Gasteiger partial charge in [0.05, 0.1) is 24.0 Å². The van der Waals surface area contributed by atoms with E-state index in [-0.39, 0.29) is 5.78 Å². The van der Waals surface area contributed by atoms with Crippen LogP contribution in [0, 0.1) is 0 Å². The van der Waals surface area contributed by atoms with Crippen LogP contribution >= 0.6 is 0 Å². The predicted molar refractivity (Wildman–Crippen MR) is 54.0 cm³/mol. The molecule has 0 aromatic heterocycles. The van der Waals surface area contributed by atoms with E-state index in [1.165, 1.54) is 6.26 Å². The summed E-state index contributed by atoms with van der Waals surface area (Å²) in [5, 5.41) is 0. The highest BCUT2D eigenvalue weighted by atomic mass is 16.5. The summed E-state index contributed by atoms with van der Waals surface area (Å²) in [5.74, 6) is 0.0101. The van der Waals surface area contributed by atoms with Gasteiger partial charge in [-0.3, -0.25) is 4.79 Å². The molecule has 1 fully saturated rings. The molecule has 14 heavy (non-hydrogen) atoms. The maximum absolute atomic E-state index is 11.9. The lowest BCUT2D eigenvalue weighted by Crippen LogP contribution is -2.29. The molecular weight excluding hydrogens is 180 g/mol. The fraction of sp³-hybridized carbons (Fsp3) is 0.727. The van der Waals surface area contributed by atoms with Crippen LogP contribution in [0.1, 0.15) is 34.6 Å². The molecule has 0 radical (unpaired) electrons. The fourth-order valence-electron chi connectivity index (χ4n) is 1.70. The van der Waals surface area contributed by atoms with Crippen molar-refractivity contribution in [2.24, 2.45) is 0 Å². The lowest BCUT2D eigenvalue weighted by molar-refractivity contribution is -0.132. The van der Waals surface area contributed by atoms with E-state index in [9.17, 15) is 4.79 Å². The van der Waals surface area contributed by atoms with E-state index in [1.54, 1.807) is 13.8 Å². The molecule has 80 valence electrons. The van der Waals surface area contributed by atoms with Crippen molar-refractivity contribution in [3.8, 4) is 0 Å². The van der Waals surface area contributed by atoms with Gasteiger partial charge in [-0.05, 0) is 34.6 Å². The first-order valence-electron chi connectivity index (χ1n) is 4.88. The van der Waals surface area contributed by atoms with Crippen molar-refractivity contribution in [3.63, 3.8) is 0 Å². The molecule has 0 saturated carbocycles. The zero-order valence-electron chi connectivity index (χ0n) is 9.51. The monoisotopic (exact) mass is 198 g/mol. The molecule has 1 saturated heterocycles. The number of rotatable bonds is 2. The van der Waals surface area contributed by atoms with Crippen molar-refractivity contribution < 1.29 is 14.3 Å². The van der Waals surface area contributed by atoms with Crippen LogP contribution in [0.25, 0.3) is 0 Å². The van der Waals surface area contributed by atoms with Crippen LogP contribution in [0.4, 0.5) is 0 Å². The lowest BCUT2D eigenvalue weighted by atomic mass is 9.94. The van der Waals surface area contributed by atoms with Gasteiger partial charge < -0.3 is 9.47 Å². The standard InChI is InChI=1S/C11H18O3/c1-6-13-7-8-9(12)11(4,5)14-10(8,2)3/h7H,6H2,1-5H3. The van der Waals surface area contributed by atoms with E-state index in [2.05, 4.69) is 0 Å². The second kappa shape index (κ2) is 3.39. The zero-order valence-corrected chi connectivity index (χ0v) is 9.51. The minimum atomic E-state index is -0.730. The van der Waals surface area contributed by atoms with Gasteiger partial charge in [-0.15, -0.1) is 0 Å². The van der Waals surface area contributed by atoms with Gasteiger partial charge in [-0.25, -0.2) is 0 Å². The molecule has 0 spiro atoms. The van der Waals surface area contributed by atoms with Crippen LogP contribution in [0.5, 0.6) is 0 Å². The predicted octanol–water partition coefficient (Wildman–Crippen LogP) is 2.06. The molecule has 0 N–H and O–H groups in total. The molecule has 3 heteroatoms. The van der Waals surface area contributed by atoms with Crippen LogP contribution < -0.4 is 0 Å². The molecule has 1 heterocycles. The van der Waals surface area contributed by atoms with Gasteiger partial charge in [-0.2, -0.15) is 0 Å². The summed E-state index contributed by atoms with van der Waals surface area (Å²) in [4.78, 5) is 11.9. The summed E-state index contributed by atoms with van der Waals surface area (Å²) in [6, 6.07) is 0. The summed E-state index contributed by atoms with van der Waals surface area (Å²) in [7, 11) is 0. The fourth-order valence-corrected chi connectivity index (χ4v) is 1.70. The number of ether oxygens (including phenoxy) is 2. The first-order chi connectivity index (χ1) is 6.31. The van der Waals surface area contributed by atoms with Gasteiger partial charge >= 0.3 is 0 Å². The van der Waals surface area contributed by atoms with Crippen LogP contribution in [0.3, 0.4) is 0 Å². The van der Waals surface area contributed by atoms with Gasteiger partial charge in [0.2, 0.25) is 0 Å². The number of carbonyl (C=O) groups is 1. The molecule has 1 rings (SSSR count). The highest BCUT2D eigenvalue weighted by molar-refractivity contribution is 6.04. The zero-order chi connectivity index (χ0) is 11.0. The topological polar surface area (TPSA) is 35.5 Å². The average molecular weight is 198 g/mol. The number of hydrogen-bond acceptors (Lipinski definition) is 3. The maximum Gasteiger partial charge on any atom is 0.196 e. The van der Waals surface area contributed by atoms with Crippen LogP contribution in [-0.2, 0) is 14.3 Å². The Morgan fingerprint density at radius 3 is 2.21 bits per heavy atom. The van der Waals surface area contributed by atoms with Crippen molar-refractivity contribution in [1.82, 2.24) is 0 Å². The Labute approximate surface area is 85.1 Å². The van der Waals surface area contributed by atoms with E-state index >= 15 is 0 Å². The first-order valence-corrected chi connectivity index (χ1v) is 4.88. The third kappa shape index (κ3) is 1.82. The molecule has 0 unspecified atom stereocenters. The summed E-state index contributed by atoms with van der Waals surface area (Å²) < 4.78 is 10.8. The Bertz CT molecular complexity index is 274. The molecule has 1 aliphatic heterocycles. The van der Waals surface area contributed by atoms with E-state index in [0.29, 0.717) is 12.2 Å². The van der Waals surface area contributed by atoms with Gasteiger partial charge in [0, 0.05) is 0 Å². The Kier molecular flexibility index (Phi) is 2.72.